The summed E-state index contributed by atoms with van der Waals surface area (Å²) >= 11 is 5.21. The number of fused-ring (bicyclic) bond motifs is 1. The first kappa shape index (κ1) is 12.5. The van der Waals surface area contributed by atoms with Gasteiger partial charge in [-0.3, -0.25) is 0 Å². The smallest absolute Gasteiger partial charge is 0.183 e. The van der Waals surface area contributed by atoms with E-state index in [1.807, 2.05) is 19.0 Å². The van der Waals surface area contributed by atoms with E-state index in [2.05, 4.69) is 47.0 Å². The normalized spacial score (nSPS) is 11.1. The first-order valence-electron chi connectivity index (χ1n) is 5.59. The standard InChI is InChI=1S/C11H11BrN6S/c1-17(3-7-4-19-5-8(7)12)10-9-11(14-6-13-10)18(2)16-15-9/h4-6H,3H2,1-2H3. The highest BCUT2D eigenvalue weighted by Gasteiger charge is 2.14. The van der Waals surface area contributed by atoms with Gasteiger partial charge in [-0.2, -0.15) is 11.3 Å². The fraction of sp³-hybridized carbons (Fsp3) is 0.273. The fourth-order valence-corrected chi connectivity index (χ4v) is 3.29. The van der Waals surface area contributed by atoms with E-state index in [0.717, 1.165) is 28.0 Å². The van der Waals surface area contributed by atoms with Crippen molar-refractivity contribution in [2.24, 2.45) is 7.05 Å². The second kappa shape index (κ2) is 4.86. The molecule has 3 rings (SSSR count). The van der Waals surface area contributed by atoms with Crippen molar-refractivity contribution < 1.29 is 0 Å². The summed E-state index contributed by atoms with van der Waals surface area (Å²) < 4.78 is 2.77. The second-order valence-corrected chi connectivity index (χ2v) is 5.78. The van der Waals surface area contributed by atoms with Gasteiger partial charge in [0.1, 0.15) is 6.33 Å². The van der Waals surface area contributed by atoms with Gasteiger partial charge in [0.25, 0.3) is 0 Å². The van der Waals surface area contributed by atoms with E-state index in [4.69, 9.17) is 0 Å². The maximum Gasteiger partial charge on any atom is 0.183 e. The van der Waals surface area contributed by atoms with Crippen molar-refractivity contribution in [1.29, 1.82) is 0 Å². The predicted molar refractivity (Wildman–Crippen MR) is 78.2 cm³/mol. The summed E-state index contributed by atoms with van der Waals surface area (Å²) in [6.07, 6.45) is 1.54. The predicted octanol–water partition coefficient (Wildman–Crippen LogP) is 2.22. The summed E-state index contributed by atoms with van der Waals surface area (Å²) in [5.74, 6) is 0.788. The van der Waals surface area contributed by atoms with Crippen LogP contribution in [0.15, 0.2) is 21.6 Å². The van der Waals surface area contributed by atoms with Crippen LogP contribution in [0.4, 0.5) is 5.82 Å². The Balaban J connectivity index is 1.98. The summed E-state index contributed by atoms with van der Waals surface area (Å²) in [6, 6.07) is 0. The van der Waals surface area contributed by atoms with Crippen LogP contribution >= 0.6 is 27.3 Å². The number of nitrogens with zero attached hydrogens (tertiary/aromatic N) is 6. The number of hydrogen-bond donors (Lipinski definition) is 0. The van der Waals surface area contributed by atoms with Gasteiger partial charge in [0.2, 0.25) is 0 Å². The molecule has 0 aliphatic rings. The van der Waals surface area contributed by atoms with Crippen LogP contribution < -0.4 is 4.90 Å². The molecule has 0 amide bonds. The lowest BCUT2D eigenvalue weighted by molar-refractivity contribution is 0.729. The molecule has 0 saturated heterocycles. The maximum absolute atomic E-state index is 4.32. The van der Waals surface area contributed by atoms with E-state index < -0.39 is 0 Å². The Morgan fingerprint density at radius 3 is 2.95 bits per heavy atom. The molecule has 0 saturated carbocycles. The first-order chi connectivity index (χ1) is 9.16. The van der Waals surface area contributed by atoms with Gasteiger partial charge in [0.15, 0.2) is 17.0 Å². The molecule has 0 fully saturated rings. The Bertz CT molecular complexity index is 721. The Hall–Kier alpha value is -1.54. The van der Waals surface area contributed by atoms with Crippen LogP contribution in [0.2, 0.25) is 0 Å². The minimum Gasteiger partial charge on any atom is -0.353 e. The van der Waals surface area contributed by atoms with Gasteiger partial charge in [-0.15, -0.1) is 5.10 Å². The van der Waals surface area contributed by atoms with Gasteiger partial charge in [0.05, 0.1) is 0 Å². The van der Waals surface area contributed by atoms with Crippen molar-refractivity contribution in [2.75, 3.05) is 11.9 Å². The van der Waals surface area contributed by atoms with Crippen molar-refractivity contribution >= 4 is 44.2 Å². The Labute approximate surface area is 122 Å². The van der Waals surface area contributed by atoms with Crippen LogP contribution in [0.25, 0.3) is 11.2 Å². The number of aryl methyl sites for hydroxylation is 1. The number of anilines is 1. The molecule has 8 heteroatoms. The highest BCUT2D eigenvalue weighted by atomic mass is 79.9. The molecular weight excluding hydrogens is 328 g/mol. The molecule has 0 N–H and O–H groups in total. The molecule has 0 atom stereocenters. The molecule has 0 radical (unpaired) electrons. The van der Waals surface area contributed by atoms with Crippen LogP contribution in [0.5, 0.6) is 0 Å². The molecule has 0 aliphatic heterocycles. The summed E-state index contributed by atoms with van der Waals surface area (Å²) in [5.41, 5.74) is 2.68. The zero-order valence-corrected chi connectivity index (χ0v) is 12.8. The van der Waals surface area contributed by atoms with Gasteiger partial charge >= 0.3 is 0 Å². The molecule has 0 spiro atoms. The molecule has 3 heterocycles. The lowest BCUT2D eigenvalue weighted by atomic mass is 10.3. The van der Waals surface area contributed by atoms with E-state index in [1.165, 1.54) is 5.56 Å². The zero-order chi connectivity index (χ0) is 13.4. The average Bonchev–Trinajstić information content (AvgIpc) is 2.97. The van der Waals surface area contributed by atoms with Crippen molar-refractivity contribution in [3.63, 3.8) is 0 Å². The van der Waals surface area contributed by atoms with Gasteiger partial charge in [-0.05, 0) is 26.9 Å². The zero-order valence-electron chi connectivity index (χ0n) is 10.4. The van der Waals surface area contributed by atoms with Crippen LogP contribution in [-0.2, 0) is 13.6 Å². The Morgan fingerprint density at radius 2 is 2.21 bits per heavy atom. The van der Waals surface area contributed by atoms with Gasteiger partial charge in [-0.1, -0.05) is 5.21 Å². The number of thiophene rings is 1. The first-order valence-corrected chi connectivity index (χ1v) is 7.32. The quantitative estimate of drug-likeness (QED) is 0.732. The van der Waals surface area contributed by atoms with Crippen LogP contribution in [-0.4, -0.2) is 32.0 Å². The third kappa shape index (κ3) is 2.21. The van der Waals surface area contributed by atoms with Crippen LogP contribution in [0.3, 0.4) is 0 Å². The fourth-order valence-electron chi connectivity index (χ4n) is 1.87. The van der Waals surface area contributed by atoms with Crippen molar-refractivity contribution in [3.05, 3.63) is 27.1 Å². The minimum absolute atomic E-state index is 0.721. The average molecular weight is 339 g/mol. The van der Waals surface area contributed by atoms with Crippen molar-refractivity contribution in [2.45, 2.75) is 6.54 Å². The molecular formula is C11H11BrN6S. The van der Waals surface area contributed by atoms with Gasteiger partial charge in [-0.25, -0.2) is 14.6 Å². The largest absolute Gasteiger partial charge is 0.353 e. The molecule has 0 aliphatic carbocycles. The lowest BCUT2D eigenvalue weighted by Gasteiger charge is -2.17. The van der Waals surface area contributed by atoms with Gasteiger partial charge in [0, 0.05) is 30.5 Å². The third-order valence-corrected chi connectivity index (χ3v) is 4.66. The van der Waals surface area contributed by atoms with Crippen LogP contribution in [0, 0.1) is 0 Å². The molecule has 3 aromatic rings. The van der Waals surface area contributed by atoms with Crippen molar-refractivity contribution in [1.82, 2.24) is 25.0 Å². The lowest BCUT2D eigenvalue weighted by Crippen LogP contribution is -2.18. The summed E-state index contributed by atoms with van der Waals surface area (Å²) in [5, 5.41) is 12.3. The van der Waals surface area contributed by atoms with E-state index in [-0.39, 0.29) is 0 Å². The third-order valence-electron chi connectivity index (χ3n) is 2.83. The Morgan fingerprint density at radius 1 is 1.37 bits per heavy atom. The summed E-state index contributed by atoms with van der Waals surface area (Å²) in [4.78, 5) is 10.6. The molecule has 0 unspecified atom stereocenters. The molecule has 0 bridgehead atoms. The number of aromatic nitrogens is 5. The van der Waals surface area contributed by atoms with Crippen LogP contribution in [0.1, 0.15) is 5.56 Å². The van der Waals surface area contributed by atoms with Crippen molar-refractivity contribution in [3.8, 4) is 0 Å². The number of rotatable bonds is 3. The number of halogens is 1. The maximum atomic E-state index is 4.32. The monoisotopic (exact) mass is 338 g/mol. The minimum atomic E-state index is 0.721. The van der Waals surface area contributed by atoms with E-state index >= 15 is 0 Å². The van der Waals surface area contributed by atoms with E-state index in [0.29, 0.717) is 0 Å². The highest BCUT2D eigenvalue weighted by Crippen LogP contribution is 2.25. The summed E-state index contributed by atoms with van der Waals surface area (Å²) in [7, 11) is 3.81. The second-order valence-electron chi connectivity index (χ2n) is 4.18. The number of hydrogen-bond acceptors (Lipinski definition) is 6. The molecule has 98 valence electrons. The van der Waals surface area contributed by atoms with E-state index in [1.54, 1.807) is 22.3 Å². The molecule has 6 nitrogen and oxygen atoms in total. The summed E-state index contributed by atoms with van der Waals surface area (Å²) in [6.45, 7) is 0.757. The molecule has 3 aromatic heterocycles. The van der Waals surface area contributed by atoms with Gasteiger partial charge < -0.3 is 4.90 Å². The SMILES string of the molecule is CN(Cc1cscc1Br)c1ncnc2c1nnn2C. The molecule has 19 heavy (non-hydrogen) atoms. The highest BCUT2D eigenvalue weighted by molar-refractivity contribution is 9.10. The Kier molecular flexibility index (Phi) is 3.19. The van der Waals surface area contributed by atoms with E-state index in [9.17, 15) is 0 Å². The molecule has 0 aromatic carbocycles. The topological polar surface area (TPSA) is 59.7 Å².